The van der Waals surface area contributed by atoms with Crippen LogP contribution in [-0.4, -0.2) is 47.9 Å². The Labute approximate surface area is 141 Å². The summed E-state index contributed by atoms with van der Waals surface area (Å²) in [6.45, 7) is 9.77. The number of likely N-dealkylation sites (tertiary alicyclic amines) is 1. The van der Waals surface area contributed by atoms with Crippen LogP contribution >= 0.6 is 15.9 Å². The SMILES string of the molecule is CCN(CC)C1CCN(C(=O)C(C)(N)c2ccc(Br)cc2)C1. The lowest BCUT2D eigenvalue weighted by atomic mass is 9.92. The lowest BCUT2D eigenvalue weighted by Gasteiger charge is -2.31. The zero-order valence-electron chi connectivity index (χ0n) is 13.7. The fourth-order valence-electron chi connectivity index (χ4n) is 3.21. The van der Waals surface area contributed by atoms with Crippen molar-refractivity contribution >= 4 is 21.8 Å². The van der Waals surface area contributed by atoms with Crippen LogP contribution in [0.3, 0.4) is 0 Å². The van der Waals surface area contributed by atoms with Gasteiger partial charge < -0.3 is 10.6 Å². The molecule has 2 unspecified atom stereocenters. The Bertz CT molecular complexity index is 511. The van der Waals surface area contributed by atoms with Gasteiger partial charge in [-0.3, -0.25) is 9.69 Å². The Morgan fingerprint density at radius 1 is 1.36 bits per heavy atom. The van der Waals surface area contributed by atoms with Gasteiger partial charge >= 0.3 is 0 Å². The van der Waals surface area contributed by atoms with Crippen LogP contribution in [0.25, 0.3) is 0 Å². The molecule has 22 heavy (non-hydrogen) atoms. The smallest absolute Gasteiger partial charge is 0.247 e. The minimum atomic E-state index is -0.973. The van der Waals surface area contributed by atoms with Crippen molar-refractivity contribution in [1.82, 2.24) is 9.80 Å². The molecule has 1 aromatic carbocycles. The molecule has 1 fully saturated rings. The second-order valence-electron chi connectivity index (χ2n) is 6.12. The number of benzene rings is 1. The fourth-order valence-corrected chi connectivity index (χ4v) is 3.48. The van der Waals surface area contributed by atoms with Gasteiger partial charge in [-0.1, -0.05) is 41.9 Å². The predicted molar refractivity (Wildman–Crippen MR) is 93.6 cm³/mol. The molecule has 4 nitrogen and oxygen atoms in total. The molecule has 2 N–H and O–H groups in total. The van der Waals surface area contributed by atoms with Crippen LogP contribution in [0.4, 0.5) is 0 Å². The molecule has 122 valence electrons. The van der Waals surface area contributed by atoms with Gasteiger partial charge in [0.05, 0.1) is 0 Å². The van der Waals surface area contributed by atoms with E-state index < -0.39 is 5.54 Å². The average Bonchev–Trinajstić information content (AvgIpc) is 2.98. The van der Waals surface area contributed by atoms with Crippen molar-refractivity contribution in [2.45, 2.75) is 38.8 Å². The van der Waals surface area contributed by atoms with E-state index in [1.807, 2.05) is 36.1 Å². The lowest BCUT2D eigenvalue weighted by molar-refractivity contribution is -0.135. The maximum absolute atomic E-state index is 12.9. The molecule has 0 aliphatic carbocycles. The lowest BCUT2D eigenvalue weighted by Crippen LogP contribution is -2.51. The second kappa shape index (κ2) is 7.11. The molecule has 1 saturated heterocycles. The first kappa shape index (κ1) is 17.4. The van der Waals surface area contributed by atoms with Crippen molar-refractivity contribution in [1.29, 1.82) is 0 Å². The zero-order valence-corrected chi connectivity index (χ0v) is 15.3. The molecule has 0 aromatic heterocycles. The van der Waals surface area contributed by atoms with E-state index in [-0.39, 0.29) is 5.91 Å². The number of nitrogens with two attached hydrogens (primary N) is 1. The number of hydrogen-bond donors (Lipinski definition) is 1. The summed E-state index contributed by atoms with van der Waals surface area (Å²) in [6, 6.07) is 8.15. The molecule has 0 saturated carbocycles. The molecule has 1 aliphatic heterocycles. The number of carbonyl (C=O) groups excluding carboxylic acids is 1. The van der Waals surface area contributed by atoms with Gasteiger partial charge in [-0.15, -0.1) is 0 Å². The van der Waals surface area contributed by atoms with Gasteiger partial charge in [-0.2, -0.15) is 0 Å². The number of carbonyl (C=O) groups is 1. The fraction of sp³-hybridized carbons (Fsp3) is 0.588. The van der Waals surface area contributed by atoms with E-state index in [1.165, 1.54) is 0 Å². The molecule has 0 bridgehead atoms. The number of likely N-dealkylation sites (N-methyl/N-ethyl adjacent to an activating group) is 1. The third-order valence-electron chi connectivity index (χ3n) is 4.67. The first-order valence-electron chi connectivity index (χ1n) is 7.98. The highest BCUT2D eigenvalue weighted by Gasteiger charge is 2.38. The normalized spacial score (nSPS) is 21.2. The van der Waals surface area contributed by atoms with E-state index in [1.54, 1.807) is 0 Å². The van der Waals surface area contributed by atoms with Crippen LogP contribution in [0, 0.1) is 0 Å². The highest BCUT2D eigenvalue weighted by molar-refractivity contribution is 9.10. The summed E-state index contributed by atoms with van der Waals surface area (Å²) in [5, 5.41) is 0. The maximum Gasteiger partial charge on any atom is 0.247 e. The Kier molecular flexibility index (Phi) is 5.64. The molecule has 5 heteroatoms. The van der Waals surface area contributed by atoms with Gasteiger partial charge in [0.25, 0.3) is 0 Å². The molecule has 0 spiro atoms. The quantitative estimate of drug-likeness (QED) is 0.869. The zero-order chi connectivity index (χ0) is 16.3. The third-order valence-corrected chi connectivity index (χ3v) is 5.20. The van der Waals surface area contributed by atoms with E-state index in [2.05, 4.69) is 34.7 Å². The van der Waals surface area contributed by atoms with Crippen molar-refractivity contribution in [3.63, 3.8) is 0 Å². The molecular weight excluding hydrogens is 342 g/mol. The third kappa shape index (κ3) is 3.53. The molecule has 1 aromatic rings. The summed E-state index contributed by atoms with van der Waals surface area (Å²) >= 11 is 3.41. The number of rotatable bonds is 5. The maximum atomic E-state index is 12.9. The van der Waals surface area contributed by atoms with Gasteiger partial charge in [0, 0.05) is 23.6 Å². The number of amides is 1. The molecule has 2 rings (SSSR count). The molecule has 0 radical (unpaired) electrons. The predicted octanol–water partition coefficient (Wildman–Crippen LogP) is 2.57. The van der Waals surface area contributed by atoms with Gasteiger partial charge in [-0.05, 0) is 44.1 Å². The van der Waals surface area contributed by atoms with Gasteiger partial charge in [0.2, 0.25) is 5.91 Å². The highest BCUT2D eigenvalue weighted by atomic mass is 79.9. The van der Waals surface area contributed by atoms with Gasteiger partial charge in [0.1, 0.15) is 5.54 Å². The van der Waals surface area contributed by atoms with Crippen LogP contribution in [0.15, 0.2) is 28.7 Å². The van der Waals surface area contributed by atoms with Crippen molar-refractivity contribution in [3.8, 4) is 0 Å². The van der Waals surface area contributed by atoms with E-state index in [9.17, 15) is 4.79 Å². The summed E-state index contributed by atoms with van der Waals surface area (Å²) in [6.07, 6.45) is 1.03. The van der Waals surface area contributed by atoms with Crippen LogP contribution in [0.1, 0.15) is 32.8 Å². The second-order valence-corrected chi connectivity index (χ2v) is 7.04. The number of halogens is 1. The summed E-state index contributed by atoms with van der Waals surface area (Å²) in [5.41, 5.74) is 6.26. The van der Waals surface area contributed by atoms with E-state index in [0.29, 0.717) is 6.04 Å². The van der Waals surface area contributed by atoms with Crippen LogP contribution in [-0.2, 0) is 10.3 Å². The minimum Gasteiger partial charge on any atom is -0.339 e. The van der Waals surface area contributed by atoms with Crippen molar-refractivity contribution in [2.75, 3.05) is 26.2 Å². The van der Waals surface area contributed by atoms with Crippen LogP contribution < -0.4 is 5.73 Å². The van der Waals surface area contributed by atoms with Crippen molar-refractivity contribution in [2.24, 2.45) is 5.73 Å². The molecule has 1 amide bonds. The summed E-state index contributed by atoms with van der Waals surface area (Å²) in [7, 11) is 0. The van der Waals surface area contributed by atoms with Gasteiger partial charge in [-0.25, -0.2) is 0 Å². The Morgan fingerprint density at radius 2 is 1.95 bits per heavy atom. The summed E-state index contributed by atoms with van der Waals surface area (Å²) in [4.78, 5) is 17.2. The van der Waals surface area contributed by atoms with Gasteiger partial charge in [0.15, 0.2) is 0 Å². The number of hydrogen-bond acceptors (Lipinski definition) is 3. The van der Waals surface area contributed by atoms with E-state index in [4.69, 9.17) is 5.73 Å². The van der Waals surface area contributed by atoms with Crippen LogP contribution in [0.2, 0.25) is 0 Å². The summed E-state index contributed by atoms with van der Waals surface area (Å²) < 4.78 is 0.988. The topological polar surface area (TPSA) is 49.6 Å². The Hall–Kier alpha value is -0.910. The first-order chi connectivity index (χ1) is 10.4. The first-order valence-corrected chi connectivity index (χ1v) is 8.77. The molecular formula is C17H26BrN3O. The highest BCUT2D eigenvalue weighted by Crippen LogP contribution is 2.25. The van der Waals surface area contributed by atoms with Crippen molar-refractivity contribution in [3.05, 3.63) is 34.3 Å². The monoisotopic (exact) mass is 367 g/mol. The minimum absolute atomic E-state index is 0.0180. The molecule has 2 atom stereocenters. The van der Waals surface area contributed by atoms with E-state index >= 15 is 0 Å². The molecule has 1 aliphatic rings. The average molecular weight is 368 g/mol. The summed E-state index contributed by atoms with van der Waals surface area (Å²) in [5.74, 6) is 0.0180. The Balaban J connectivity index is 2.09. The molecule has 1 heterocycles. The standard InChI is InChI=1S/C17H26BrN3O/c1-4-20(5-2)15-10-11-21(12-15)16(22)17(3,19)13-6-8-14(18)9-7-13/h6-9,15H,4-5,10-12,19H2,1-3H3. The van der Waals surface area contributed by atoms with E-state index in [0.717, 1.165) is 42.6 Å². The van der Waals surface area contributed by atoms with Crippen molar-refractivity contribution < 1.29 is 4.79 Å². The largest absolute Gasteiger partial charge is 0.339 e. The van der Waals surface area contributed by atoms with Crippen LogP contribution in [0.5, 0.6) is 0 Å². The Morgan fingerprint density at radius 3 is 2.50 bits per heavy atom. The number of nitrogens with zero attached hydrogens (tertiary/aromatic N) is 2.